The van der Waals surface area contributed by atoms with Crippen molar-refractivity contribution in [3.8, 4) is 0 Å². The lowest BCUT2D eigenvalue weighted by molar-refractivity contribution is -0.124. The molecule has 1 aliphatic carbocycles. The normalized spacial score (nSPS) is 20.2. The molecular formula is C23H33N3O5. The Hall–Kier alpha value is -2.64. The zero-order chi connectivity index (χ0) is 22.6. The van der Waals surface area contributed by atoms with E-state index in [1.165, 1.54) is 11.0 Å². The van der Waals surface area contributed by atoms with Crippen molar-refractivity contribution in [2.24, 2.45) is 5.16 Å². The number of rotatable bonds is 8. The molecule has 8 heteroatoms. The fourth-order valence-electron chi connectivity index (χ4n) is 3.39. The Kier molecular flexibility index (Phi) is 7.18. The van der Waals surface area contributed by atoms with Crippen molar-refractivity contribution in [3.05, 3.63) is 33.9 Å². The summed E-state index contributed by atoms with van der Waals surface area (Å²) in [5, 5.41) is 7.11. The summed E-state index contributed by atoms with van der Waals surface area (Å²) in [6.07, 6.45) is 5.88. The highest BCUT2D eigenvalue weighted by atomic mass is 16.6. The number of hydrogen-bond donors (Lipinski definition) is 1. The lowest BCUT2D eigenvalue weighted by Crippen LogP contribution is -2.47. The van der Waals surface area contributed by atoms with Crippen LogP contribution in [0.1, 0.15) is 82.3 Å². The number of likely N-dealkylation sites (tertiary alicyclic amines) is 1. The molecule has 1 N–H and O–H groups in total. The molecule has 31 heavy (non-hydrogen) atoms. The van der Waals surface area contributed by atoms with E-state index in [4.69, 9.17) is 9.25 Å². The molecule has 1 aromatic rings. The maximum Gasteiger partial charge on any atom is 0.348 e. The predicted molar refractivity (Wildman–Crippen MR) is 117 cm³/mol. The summed E-state index contributed by atoms with van der Waals surface area (Å²) in [7, 11) is 0. The summed E-state index contributed by atoms with van der Waals surface area (Å²) >= 11 is 0. The second kappa shape index (κ2) is 9.66. The second-order valence-electron chi connectivity index (χ2n) is 9.36. The zero-order valence-corrected chi connectivity index (χ0v) is 18.9. The fourth-order valence-corrected chi connectivity index (χ4v) is 3.39. The minimum Gasteiger partial charge on any atom is -0.427 e. The summed E-state index contributed by atoms with van der Waals surface area (Å²) in [4.78, 5) is 45.4. The Labute approximate surface area is 183 Å². The molecule has 2 aliphatic rings. The third-order valence-electron chi connectivity index (χ3n) is 5.23. The van der Waals surface area contributed by atoms with Crippen LogP contribution in [-0.2, 0) is 16.1 Å². The minimum atomic E-state index is -0.723. The molecule has 2 amide bonds. The molecule has 1 aliphatic heterocycles. The molecule has 1 saturated carbocycles. The van der Waals surface area contributed by atoms with Crippen molar-refractivity contribution in [3.63, 3.8) is 0 Å². The van der Waals surface area contributed by atoms with Crippen LogP contribution in [0.3, 0.4) is 0 Å². The Balaban J connectivity index is 1.78. The maximum absolute atomic E-state index is 13.2. The highest BCUT2D eigenvalue weighted by Crippen LogP contribution is 2.23. The maximum atomic E-state index is 13.2. The average Bonchev–Trinajstić information content (AvgIpc) is 3.40. The van der Waals surface area contributed by atoms with Crippen LogP contribution < -0.4 is 10.9 Å². The molecule has 3 rings (SSSR count). The van der Waals surface area contributed by atoms with Crippen molar-refractivity contribution in [1.29, 1.82) is 0 Å². The van der Waals surface area contributed by atoms with Crippen LogP contribution in [0.4, 0.5) is 0 Å². The van der Waals surface area contributed by atoms with Gasteiger partial charge in [-0.2, -0.15) is 0 Å². The molecule has 1 aromatic heterocycles. The Morgan fingerprint density at radius 2 is 2.00 bits per heavy atom. The van der Waals surface area contributed by atoms with E-state index < -0.39 is 23.2 Å². The van der Waals surface area contributed by atoms with Gasteiger partial charge in [-0.15, -0.1) is 0 Å². The highest BCUT2D eigenvalue weighted by molar-refractivity contribution is 6.05. The average molecular weight is 432 g/mol. The first-order valence-electron chi connectivity index (χ1n) is 11.2. The van der Waals surface area contributed by atoms with E-state index in [-0.39, 0.29) is 30.5 Å². The van der Waals surface area contributed by atoms with Gasteiger partial charge in [-0.3, -0.25) is 9.59 Å². The number of carbonyl (C=O) groups is 2. The number of nitrogens with zero attached hydrogens (tertiary/aromatic N) is 2. The SMILES string of the molecule is CCCCCc1ccc(C(=O)N2C/C(=N/OC(C)(C)C)C[C@H]2C(=O)NC2CC2)c(=O)o1. The van der Waals surface area contributed by atoms with Crippen LogP contribution in [0.15, 0.2) is 26.5 Å². The molecule has 0 radical (unpaired) electrons. The summed E-state index contributed by atoms with van der Waals surface area (Å²) in [6.45, 7) is 7.86. The third-order valence-corrected chi connectivity index (χ3v) is 5.23. The number of amides is 2. The van der Waals surface area contributed by atoms with Crippen molar-refractivity contribution in [1.82, 2.24) is 10.2 Å². The molecule has 0 unspecified atom stereocenters. The van der Waals surface area contributed by atoms with E-state index in [1.54, 1.807) is 6.07 Å². The number of hydrogen-bond acceptors (Lipinski definition) is 6. The number of oxime groups is 1. The smallest absolute Gasteiger partial charge is 0.348 e. The first kappa shape index (κ1) is 23.0. The summed E-state index contributed by atoms with van der Waals surface area (Å²) in [6, 6.07) is 2.63. The van der Waals surface area contributed by atoms with E-state index >= 15 is 0 Å². The summed E-state index contributed by atoms with van der Waals surface area (Å²) in [5.41, 5.74) is -0.622. The summed E-state index contributed by atoms with van der Waals surface area (Å²) < 4.78 is 5.37. The van der Waals surface area contributed by atoms with Crippen molar-refractivity contribution < 1.29 is 18.8 Å². The van der Waals surface area contributed by atoms with Crippen LogP contribution in [0, 0.1) is 0 Å². The monoisotopic (exact) mass is 431 g/mol. The fraction of sp³-hybridized carbons (Fsp3) is 0.652. The number of nitrogens with one attached hydrogen (secondary N) is 1. The van der Waals surface area contributed by atoms with Crippen molar-refractivity contribution in [2.75, 3.05) is 6.54 Å². The highest BCUT2D eigenvalue weighted by Gasteiger charge is 2.41. The van der Waals surface area contributed by atoms with Gasteiger partial charge in [0.2, 0.25) is 5.91 Å². The van der Waals surface area contributed by atoms with Crippen LogP contribution in [-0.4, -0.2) is 46.7 Å². The largest absolute Gasteiger partial charge is 0.427 e. The Bertz CT molecular complexity index is 895. The van der Waals surface area contributed by atoms with Gasteiger partial charge < -0.3 is 19.5 Å². The van der Waals surface area contributed by atoms with Gasteiger partial charge in [-0.1, -0.05) is 24.9 Å². The van der Waals surface area contributed by atoms with Gasteiger partial charge in [0.1, 0.15) is 23.0 Å². The van der Waals surface area contributed by atoms with Crippen molar-refractivity contribution >= 4 is 17.5 Å². The Morgan fingerprint density at radius 3 is 2.61 bits per heavy atom. The third kappa shape index (κ3) is 6.42. The molecule has 1 atom stereocenters. The molecule has 170 valence electrons. The van der Waals surface area contributed by atoms with Crippen LogP contribution >= 0.6 is 0 Å². The van der Waals surface area contributed by atoms with E-state index in [0.29, 0.717) is 17.9 Å². The minimum absolute atomic E-state index is 0.0681. The first-order chi connectivity index (χ1) is 14.7. The Morgan fingerprint density at radius 1 is 1.26 bits per heavy atom. The van der Waals surface area contributed by atoms with Crippen LogP contribution in [0.25, 0.3) is 0 Å². The quantitative estimate of drug-likeness (QED) is 0.504. The molecule has 2 heterocycles. The van der Waals surface area contributed by atoms with Crippen molar-refractivity contribution in [2.45, 2.75) is 90.3 Å². The van der Waals surface area contributed by atoms with E-state index in [1.807, 2.05) is 20.8 Å². The van der Waals surface area contributed by atoms with E-state index in [9.17, 15) is 14.4 Å². The molecule has 0 spiro atoms. The van der Waals surface area contributed by atoms with E-state index in [2.05, 4.69) is 17.4 Å². The molecule has 0 aromatic carbocycles. The predicted octanol–water partition coefficient (Wildman–Crippen LogP) is 3.04. The van der Waals surface area contributed by atoms with Crippen LogP contribution in [0.5, 0.6) is 0 Å². The lowest BCUT2D eigenvalue weighted by Gasteiger charge is -2.23. The summed E-state index contributed by atoms with van der Waals surface area (Å²) in [5.74, 6) is -0.177. The number of carbonyl (C=O) groups excluding carboxylic acids is 2. The van der Waals surface area contributed by atoms with E-state index in [0.717, 1.165) is 32.1 Å². The second-order valence-corrected chi connectivity index (χ2v) is 9.36. The van der Waals surface area contributed by atoms with Crippen LogP contribution in [0.2, 0.25) is 0 Å². The van der Waals surface area contributed by atoms with Gasteiger partial charge in [-0.25, -0.2) is 4.79 Å². The molecule has 8 nitrogen and oxygen atoms in total. The lowest BCUT2D eigenvalue weighted by atomic mass is 10.1. The van der Waals surface area contributed by atoms with Gasteiger partial charge in [-0.05, 0) is 52.2 Å². The van der Waals surface area contributed by atoms with Gasteiger partial charge in [0.15, 0.2) is 0 Å². The molecule has 1 saturated heterocycles. The number of aryl methyl sites for hydroxylation is 1. The van der Waals surface area contributed by atoms with Gasteiger partial charge in [0.25, 0.3) is 5.91 Å². The standard InChI is InChI=1S/C23H33N3O5/c1-5-6-7-8-17-11-12-18(22(29)30-17)21(28)26-14-16(25-31-23(2,3)4)13-19(26)20(27)24-15-9-10-15/h11-12,15,19H,5-10,13-14H2,1-4H3,(H,24,27)/b25-16+/t19-/m0/s1. The number of unbranched alkanes of at least 4 members (excludes halogenated alkanes) is 2. The van der Waals surface area contributed by atoms with Gasteiger partial charge >= 0.3 is 5.63 Å². The zero-order valence-electron chi connectivity index (χ0n) is 18.9. The molecule has 0 bridgehead atoms. The molecular weight excluding hydrogens is 398 g/mol. The van der Waals surface area contributed by atoms with Gasteiger partial charge in [0.05, 0.1) is 12.3 Å². The molecule has 2 fully saturated rings. The van der Waals surface area contributed by atoms with Gasteiger partial charge in [0, 0.05) is 18.9 Å². The topological polar surface area (TPSA) is 101 Å². The first-order valence-corrected chi connectivity index (χ1v) is 11.2.